The van der Waals surface area contributed by atoms with E-state index in [1.165, 1.54) is 18.3 Å². The number of hydrogen-bond acceptors (Lipinski definition) is 3. The van der Waals surface area contributed by atoms with E-state index in [9.17, 15) is 9.90 Å². The number of nitrogens with two attached hydrogens (primary N) is 1. The number of phenolic OH excluding ortho intramolecular Hbond substituents is 1. The van der Waals surface area contributed by atoms with E-state index in [1.807, 2.05) is 0 Å². The van der Waals surface area contributed by atoms with Crippen LogP contribution in [0.5, 0.6) is 5.75 Å². The van der Waals surface area contributed by atoms with Crippen LogP contribution in [-0.4, -0.2) is 23.8 Å². The average molecular weight is 247 g/mol. The Balaban J connectivity index is 2.94. The summed E-state index contributed by atoms with van der Waals surface area (Å²) in [4.78, 5) is 14.1. The molecule has 0 fully saturated rings. The predicted octanol–water partition coefficient (Wildman–Crippen LogP) is 1.60. The largest absolute Gasteiger partial charge is 0.506 e. The summed E-state index contributed by atoms with van der Waals surface area (Å²) >= 11 is 11.4. The van der Waals surface area contributed by atoms with Crippen molar-refractivity contribution >= 4 is 35.3 Å². The fraction of sp³-hybridized carbons (Fsp3) is 0.111. The highest BCUT2D eigenvalue weighted by atomic mass is 35.5. The number of halogens is 2. The molecule has 0 aromatic heterocycles. The molecule has 0 aliphatic rings. The molecule has 0 unspecified atom stereocenters. The van der Waals surface area contributed by atoms with Crippen LogP contribution in [0.2, 0.25) is 10.0 Å². The van der Waals surface area contributed by atoms with Gasteiger partial charge in [0.15, 0.2) is 0 Å². The van der Waals surface area contributed by atoms with Crippen molar-refractivity contribution < 1.29 is 9.90 Å². The van der Waals surface area contributed by atoms with Crippen LogP contribution in [0.3, 0.4) is 0 Å². The van der Waals surface area contributed by atoms with Crippen LogP contribution >= 0.6 is 23.2 Å². The summed E-state index contributed by atoms with van der Waals surface area (Å²) in [5, 5.41) is 9.99. The van der Waals surface area contributed by atoms with Crippen molar-refractivity contribution in [3.8, 4) is 5.75 Å². The lowest BCUT2D eigenvalue weighted by atomic mass is 10.2. The number of rotatable bonds is 3. The van der Waals surface area contributed by atoms with Gasteiger partial charge < -0.3 is 10.8 Å². The molecule has 0 saturated carbocycles. The summed E-state index contributed by atoms with van der Waals surface area (Å²) in [6.07, 6.45) is 1.29. The Morgan fingerprint density at radius 1 is 1.53 bits per heavy atom. The molecule has 0 saturated heterocycles. The molecule has 4 nitrogen and oxygen atoms in total. The van der Waals surface area contributed by atoms with Gasteiger partial charge in [-0.1, -0.05) is 23.2 Å². The minimum absolute atomic E-state index is 0.128. The topological polar surface area (TPSA) is 75.7 Å². The van der Waals surface area contributed by atoms with Crippen molar-refractivity contribution in [2.45, 2.75) is 0 Å². The van der Waals surface area contributed by atoms with Gasteiger partial charge in [0.25, 0.3) is 0 Å². The van der Waals surface area contributed by atoms with Gasteiger partial charge in [-0.3, -0.25) is 9.79 Å². The zero-order chi connectivity index (χ0) is 11.4. The van der Waals surface area contributed by atoms with E-state index in [-0.39, 0.29) is 17.3 Å². The second-order valence-electron chi connectivity index (χ2n) is 2.76. The van der Waals surface area contributed by atoms with Crippen LogP contribution in [-0.2, 0) is 4.79 Å². The average Bonchev–Trinajstić information content (AvgIpc) is 2.12. The molecule has 1 rings (SSSR count). The number of nitrogens with zero attached hydrogens (tertiary/aromatic N) is 1. The minimum atomic E-state index is -0.557. The van der Waals surface area contributed by atoms with Gasteiger partial charge >= 0.3 is 0 Å². The molecule has 80 valence electrons. The number of phenols is 1. The predicted molar refractivity (Wildman–Crippen MR) is 59.8 cm³/mol. The fourth-order valence-electron chi connectivity index (χ4n) is 0.918. The van der Waals surface area contributed by atoms with Crippen LogP contribution < -0.4 is 5.73 Å². The molecular formula is C9H8Cl2N2O2. The second-order valence-corrected chi connectivity index (χ2v) is 3.61. The molecule has 1 amide bonds. The van der Waals surface area contributed by atoms with Crippen LogP contribution in [0, 0.1) is 0 Å². The van der Waals surface area contributed by atoms with E-state index in [1.54, 1.807) is 0 Å². The molecule has 3 N–H and O–H groups in total. The van der Waals surface area contributed by atoms with Crippen molar-refractivity contribution in [3.05, 3.63) is 27.7 Å². The molecular weight excluding hydrogens is 239 g/mol. The summed E-state index contributed by atoms with van der Waals surface area (Å²) in [5.41, 5.74) is 5.23. The van der Waals surface area contributed by atoms with Crippen molar-refractivity contribution in [1.29, 1.82) is 0 Å². The molecule has 0 aliphatic carbocycles. The third-order valence-electron chi connectivity index (χ3n) is 1.54. The molecule has 0 radical (unpaired) electrons. The van der Waals surface area contributed by atoms with Gasteiger partial charge in [0, 0.05) is 16.8 Å². The number of benzene rings is 1. The highest BCUT2D eigenvalue weighted by Gasteiger charge is 2.05. The van der Waals surface area contributed by atoms with Crippen molar-refractivity contribution in [2.24, 2.45) is 10.7 Å². The summed E-state index contributed by atoms with van der Waals surface area (Å²) < 4.78 is 0. The first-order chi connectivity index (χ1) is 7.00. The van der Waals surface area contributed by atoms with E-state index < -0.39 is 5.91 Å². The standard InChI is InChI=1S/C9H8Cl2N2O2/c10-6-1-5(3-13-4-8(12)14)9(15)7(11)2-6/h1-3,15H,4H2,(H2,12,14). The van der Waals surface area contributed by atoms with Crippen molar-refractivity contribution in [2.75, 3.05) is 6.54 Å². The van der Waals surface area contributed by atoms with Crippen molar-refractivity contribution in [1.82, 2.24) is 0 Å². The van der Waals surface area contributed by atoms with Crippen molar-refractivity contribution in [3.63, 3.8) is 0 Å². The molecule has 1 aromatic carbocycles. The fourth-order valence-corrected chi connectivity index (χ4v) is 1.43. The Kier molecular flexibility index (Phi) is 3.94. The summed E-state index contributed by atoms with van der Waals surface area (Å²) in [6.45, 7) is -0.149. The summed E-state index contributed by atoms with van der Waals surface area (Å²) in [5.74, 6) is -0.687. The number of primary amides is 1. The zero-order valence-electron chi connectivity index (χ0n) is 7.58. The van der Waals surface area contributed by atoms with Crippen LogP contribution in [0.4, 0.5) is 0 Å². The van der Waals surface area contributed by atoms with Gasteiger partial charge in [0.2, 0.25) is 5.91 Å². The number of hydrogen-bond donors (Lipinski definition) is 2. The Hall–Kier alpha value is -1.26. The zero-order valence-corrected chi connectivity index (χ0v) is 9.09. The Labute approximate surface area is 96.3 Å². The van der Waals surface area contributed by atoms with E-state index >= 15 is 0 Å². The maximum atomic E-state index is 10.4. The Morgan fingerprint density at radius 3 is 2.80 bits per heavy atom. The molecule has 0 aliphatic heterocycles. The third kappa shape index (κ3) is 3.42. The van der Waals surface area contributed by atoms with E-state index in [4.69, 9.17) is 28.9 Å². The lowest BCUT2D eigenvalue weighted by Crippen LogP contribution is -2.14. The smallest absolute Gasteiger partial charge is 0.239 e. The molecule has 1 aromatic rings. The first-order valence-electron chi connectivity index (χ1n) is 3.97. The minimum Gasteiger partial charge on any atom is -0.506 e. The molecule has 0 heterocycles. The van der Waals surface area contributed by atoms with Gasteiger partial charge in [-0.25, -0.2) is 0 Å². The maximum absolute atomic E-state index is 10.4. The number of carbonyl (C=O) groups is 1. The SMILES string of the molecule is NC(=O)CN=Cc1cc(Cl)cc(Cl)c1O. The summed E-state index contributed by atoms with van der Waals surface area (Å²) in [7, 11) is 0. The molecule has 0 atom stereocenters. The maximum Gasteiger partial charge on any atom is 0.239 e. The highest BCUT2D eigenvalue weighted by Crippen LogP contribution is 2.29. The van der Waals surface area contributed by atoms with Crippen LogP contribution in [0.25, 0.3) is 0 Å². The quantitative estimate of drug-likeness (QED) is 0.796. The van der Waals surface area contributed by atoms with E-state index in [0.717, 1.165) is 0 Å². The number of aliphatic imine (C=N–C) groups is 1. The van der Waals surface area contributed by atoms with Gasteiger partial charge in [-0.05, 0) is 12.1 Å². The van der Waals surface area contributed by atoms with Crippen LogP contribution in [0.15, 0.2) is 17.1 Å². The molecule has 0 spiro atoms. The van der Waals surface area contributed by atoms with Gasteiger partial charge in [0.1, 0.15) is 12.3 Å². The molecule has 0 bridgehead atoms. The lowest BCUT2D eigenvalue weighted by molar-refractivity contribution is -0.116. The monoisotopic (exact) mass is 246 g/mol. The van der Waals surface area contributed by atoms with Gasteiger partial charge in [-0.2, -0.15) is 0 Å². The first-order valence-corrected chi connectivity index (χ1v) is 4.72. The highest BCUT2D eigenvalue weighted by molar-refractivity contribution is 6.36. The Bertz CT molecular complexity index is 419. The molecule has 6 heteroatoms. The second kappa shape index (κ2) is 5.00. The number of amides is 1. The van der Waals surface area contributed by atoms with E-state index in [0.29, 0.717) is 10.6 Å². The van der Waals surface area contributed by atoms with Crippen LogP contribution in [0.1, 0.15) is 5.56 Å². The molecule has 15 heavy (non-hydrogen) atoms. The number of carbonyl (C=O) groups excluding carboxylic acids is 1. The Morgan fingerprint density at radius 2 is 2.20 bits per heavy atom. The van der Waals surface area contributed by atoms with Gasteiger partial charge in [-0.15, -0.1) is 0 Å². The summed E-state index contributed by atoms with van der Waals surface area (Å²) in [6, 6.07) is 2.89. The normalized spacial score (nSPS) is 10.8. The van der Waals surface area contributed by atoms with Gasteiger partial charge in [0.05, 0.1) is 5.02 Å². The number of aromatic hydroxyl groups is 1. The third-order valence-corrected chi connectivity index (χ3v) is 2.04. The lowest BCUT2D eigenvalue weighted by Gasteiger charge is -2.01. The first kappa shape index (κ1) is 11.8. The van der Waals surface area contributed by atoms with E-state index in [2.05, 4.69) is 4.99 Å².